The van der Waals surface area contributed by atoms with E-state index in [-0.39, 0.29) is 30.9 Å². The minimum atomic E-state index is -0.761. The van der Waals surface area contributed by atoms with Gasteiger partial charge in [0.05, 0.1) is 23.9 Å². The van der Waals surface area contributed by atoms with Gasteiger partial charge in [0.2, 0.25) is 5.91 Å². The zero-order chi connectivity index (χ0) is 28.1. The molecule has 8 heteroatoms. The third-order valence-corrected chi connectivity index (χ3v) is 7.11. The Hall–Kier alpha value is -4.85. The van der Waals surface area contributed by atoms with Crippen molar-refractivity contribution in [2.24, 2.45) is 0 Å². The van der Waals surface area contributed by atoms with Crippen LogP contribution in [0.1, 0.15) is 24.1 Å². The van der Waals surface area contributed by atoms with Crippen molar-refractivity contribution >= 4 is 17.8 Å². The van der Waals surface area contributed by atoms with Gasteiger partial charge in [-0.2, -0.15) is 0 Å². The van der Waals surface area contributed by atoms with Crippen molar-refractivity contribution in [3.63, 3.8) is 0 Å². The molecular formula is C32H32N4O4. The molecule has 2 aliphatic heterocycles. The van der Waals surface area contributed by atoms with Crippen molar-refractivity contribution in [1.29, 1.82) is 0 Å². The van der Waals surface area contributed by atoms with Crippen molar-refractivity contribution in [1.82, 2.24) is 20.4 Å². The van der Waals surface area contributed by atoms with Crippen LogP contribution in [0.4, 0.5) is 4.79 Å². The zero-order valence-corrected chi connectivity index (χ0v) is 22.4. The Morgan fingerprint density at radius 2 is 1.75 bits per heavy atom. The molecule has 0 aliphatic carbocycles. The van der Waals surface area contributed by atoms with Gasteiger partial charge < -0.3 is 20.3 Å². The summed E-state index contributed by atoms with van der Waals surface area (Å²) in [5.41, 5.74) is 2.73. The van der Waals surface area contributed by atoms with E-state index >= 15 is 0 Å². The number of carbonyl (C=O) groups is 3. The van der Waals surface area contributed by atoms with E-state index in [2.05, 4.69) is 17.2 Å². The van der Waals surface area contributed by atoms with Crippen LogP contribution >= 0.6 is 0 Å². The average molecular weight is 537 g/mol. The molecule has 2 unspecified atom stereocenters. The van der Waals surface area contributed by atoms with Crippen LogP contribution in [0.25, 0.3) is 0 Å². The molecule has 204 valence electrons. The number of rotatable bonds is 10. The summed E-state index contributed by atoms with van der Waals surface area (Å²) in [6.07, 6.45) is 1.95. The lowest BCUT2D eigenvalue weighted by atomic mass is 9.95. The number of hydrogen-bond acceptors (Lipinski definition) is 4. The minimum absolute atomic E-state index is 0.158. The summed E-state index contributed by atoms with van der Waals surface area (Å²) in [7, 11) is 0. The Morgan fingerprint density at radius 1 is 1.05 bits per heavy atom. The lowest BCUT2D eigenvalue weighted by Gasteiger charge is -2.33. The molecule has 0 spiro atoms. The molecule has 0 radical (unpaired) electrons. The van der Waals surface area contributed by atoms with Crippen molar-refractivity contribution in [3.05, 3.63) is 120 Å². The van der Waals surface area contributed by atoms with Crippen molar-refractivity contribution < 1.29 is 19.1 Å². The molecule has 0 saturated carbocycles. The number of urea groups is 1. The van der Waals surface area contributed by atoms with Crippen molar-refractivity contribution in [3.8, 4) is 11.5 Å². The first-order valence-corrected chi connectivity index (χ1v) is 13.4. The first-order chi connectivity index (χ1) is 19.5. The molecule has 4 amide bonds. The van der Waals surface area contributed by atoms with Crippen LogP contribution in [0, 0.1) is 0 Å². The van der Waals surface area contributed by atoms with Gasteiger partial charge in [-0.25, -0.2) is 4.79 Å². The van der Waals surface area contributed by atoms with Crippen LogP contribution in [0.2, 0.25) is 0 Å². The summed E-state index contributed by atoms with van der Waals surface area (Å²) in [4.78, 5) is 43.8. The van der Waals surface area contributed by atoms with Gasteiger partial charge in [0.1, 0.15) is 17.5 Å². The van der Waals surface area contributed by atoms with E-state index in [9.17, 15) is 14.4 Å². The molecule has 40 heavy (non-hydrogen) atoms. The second-order valence-electron chi connectivity index (χ2n) is 9.65. The average Bonchev–Trinajstić information content (AvgIpc) is 3.31. The first kappa shape index (κ1) is 26.7. The number of nitrogens with zero attached hydrogens (tertiary/aromatic N) is 2. The van der Waals surface area contributed by atoms with Crippen LogP contribution in [-0.4, -0.2) is 53.3 Å². The van der Waals surface area contributed by atoms with E-state index < -0.39 is 12.1 Å². The van der Waals surface area contributed by atoms with E-state index in [4.69, 9.17) is 4.74 Å². The van der Waals surface area contributed by atoms with E-state index in [1.54, 1.807) is 15.9 Å². The summed E-state index contributed by atoms with van der Waals surface area (Å²) < 4.78 is 6.02. The second-order valence-corrected chi connectivity index (χ2v) is 9.65. The number of amides is 4. The number of carbonyl (C=O) groups excluding carboxylic acids is 3. The minimum Gasteiger partial charge on any atom is -0.457 e. The monoisotopic (exact) mass is 536 g/mol. The molecule has 0 aromatic heterocycles. The molecule has 2 aliphatic rings. The van der Waals surface area contributed by atoms with Crippen LogP contribution in [0.5, 0.6) is 11.5 Å². The smallest absolute Gasteiger partial charge is 0.322 e. The van der Waals surface area contributed by atoms with E-state index in [0.717, 1.165) is 11.1 Å². The molecule has 8 nitrogen and oxygen atoms in total. The summed E-state index contributed by atoms with van der Waals surface area (Å²) in [6.45, 7) is 6.39. The van der Waals surface area contributed by atoms with Crippen LogP contribution < -0.4 is 15.4 Å². The molecule has 2 N–H and O–H groups in total. The SMILES string of the molecule is C=CCNC(=O)C(Cc1ccccc1)N1CC2=C(C1=O)C(c1cccc(Oc3ccccc3)c1)NC(=O)N2CC. The van der Waals surface area contributed by atoms with Gasteiger partial charge in [-0.3, -0.25) is 14.5 Å². The maximum absolute atomic E-state index is 14.1. The molecule has 2 atom stereocenters. The van der Waals surface area contributed by atoms with Gasteiger partial charge >= 0.3 is 6.03 Å². The molecule has 0 saturated heterocycles. The maximum Gasteiger partial charge on any atom is 0.322 e. The topological polar surface area (TPSA) is 91.0 Å². The fraction of sp³-hybridized carbons (Fsp3) is 0.219. The lowest BCUT2D eigenvalue weighted by molar-refractivity contribution is -0.136. The quantitative estimate of drug-likeness (QED) is 0.371. The Morgan fingerprint density at radius 3 is 2.45 bits per heavy atom. The Balaban J connectivity index is 1.49. The molecule has 5 rings (SSSR count). The Bertz CT molecular complexity index is 1440. The second kappa shape index (κ2) is 11.9. The summed E-state index contributed by atoms with van der Waals surface area (Å²) in [5, 5.41) is 5.87. The van der Waals surface area contributed by atoms with Gasteiger partial charge in [-0.05, 0) is 42.3 Å². The third-order valence-electron chi connectivity index (χ3n) is 7.11. The number of benzene rings is 3. The fourth-order valence-corrected chi connectivity index (χ4v) is 5.20. The van der Waals surface area contributed by atoms with Gasteiger partial charge in [-0.15, -0.1) is 6.58 Å². The van der Waals surface area contributed by atoms with E-state index in [1.807, 2.05) is 91.9 Å². The van der Waals surface area contributed by atoms with E-state index in [1.165, 1.54) is 0 Å². The van der Waals surface area contributed by atoms with Gasteiger partial charge in [0, 0.05) is 19.5 Å². The largest absolute Gasteiger partial charge is 0.457 e. The van der Waals surface area contributed by atoms with Gasteiger partial charge in [0.15, 0.2) is 0 Å². The highest BCUT2D eigenvalue weighted by molar-refractivity contribution is 6.03. The normalized spacial score (nSPS) is 17.3. The summed E-state index contributed by atoms with van der Waals surface area (Å²) in [5.74, 6) is 0.726. The number of ether oxygens (including phenoxy) is 1. The highest BCUT2D eigenvalue weighted by Crippen LogP contribution is 2.38. The molecule has 0 fully saturated rings. The van der Waals surface area contributed by atoms with Crippen molar-refractivity contribution in [2.75, 3.05) is 19.6 Å². The first-order valence-electron chi connectivity index (χ1n) is 13.4. The van der Waals surface area contributed by atoms with Gasteiger partial charge in [-0.1, -0.05) is 66.7 Å². The predicted molar refractivity (Wildman–Crippen MR) is 152 cm³/mol. The summed E-state index contributed by atoms with van der Waals surface area (Å²) in [6, 6.07) is 24.6. The number of likely N-dealkylation sites (N-methyl/N-ethyl adjacent to an activating group) is 1. The van der Waals surface area contributed by atoms with Crippen LogP contribution in [0.3, 0.4) is 0 Å². The number of para-hydroxylation sites is 1. The van der Waals surface area contributed by atoms with Crippen molar-refractivity contribution in [2.45, 2.75) is 25.4 Å². The molecular weight excluding hydrogens is 504 g/mol. The lowest BCUT2D eigenvalue weighted by Crippen LogP contribution is -2.50. The Labute approximate surface area is 233 Å². The maximum atomic E-state index is 14.1. The number of nitrogens with one attached hydrogen (secondary N) is 2. The third kappa shape index (κ3) is 5.47. The fourth-order valence-electron chi connectivity index (χ4n) is 5.20. The molecule has 3 aromatic carbocycles. The number of hydrogen-bond donors (Lipinski definition) is 2. The predicted octanol–water partition coefficient (Wildman–Crippen LogP) is 4.57. The van der Waals surface area contributed by atoms with Crippen LogP contribution in [-0.2, 0) is 16.0 Å². The zero-order valence-electron chi connectivity index (χ0n) is 22.4. The molecule has 2 heterocycles. The van der Waals surface area contributed by atoms with Crippen LogP contribution in [0.15, 0.2) is 109 Å². The van der Waals surface area contributed by atoms with Gasteiger partial charge in [0.25, 0.3) is 5.91 Å². The highest BCUT2D eigenvalue weighted by Gasteiger charge is 2.46. The van der Waals surface area contributed by atoms with E-state index in [0.29, 0.717) is 35.7 Å². The Kier molecular flexibility index (Phi) is 7.96. The molecule has 0 bridgehead atoms. The standard InChI is InChI=1S/C32H32N4O4/c1-3-18-33-30(37)26(19-22-12-7-5-8-13-22)36-21-27-28(31(36)38)29(34-32(39)35(27)4-2)23-14-11-17-25(20-23)40-24-15-9-6-10-16-24/h3,5-17,20,26,29H,1,4,18-19,21H2,2H3,(H,33,37)(H,34,39). The molecule has 3 aromatic rings. The summed E-state index contributed by atoms with van der Waals surface area (Å²) >= 11 is 0. The highest BCUT2D eigenvalue weighted by atomic mass is 16.5.